The van der Waals surface area contributed by atoms with E-state index >= 15 is 0 Å². The summed E-state index contributed by atoms with van der Waals surface area (Å²) in [5.74, 6) is 3.65. The van der Waals surface area contributed by atoms with Crippen molar-refractivity contribution in [2.45, 2.75) is 135 Å². The van der Waals surface area contributed by atoms with Crippen molar-refractivity contribution >= 4 is 11.7 Å². The molecule has 7 nitrogen and oxygen atoms in total. The van der Waals surface area contributed by atoms with Gasteiger partial charge >= 0.3 is 0 Å². The molecule has 0 aromatic heterocycles. The minimum Gasteiger partial charge on any atom is -0.389 e. The van der Waals surface area contributed by atoms with E-state index in [1.807, 2.05) is 4.90 Å². The van der Waals surface area contributed by atoms with Crippen LogP contribution in [0.3, 0.4) is 0 Å². The van der Waals surface area contributed by atoms with Crippen LogP contribution in [0.5, 0.6) is 0 Å². The van der Waals surface area contributed by atoms with Crippen molar-refractivity contribution in [3.8, 4) is 0 Å². The monoisotopic (exact) mass is 597 g/mol. The number of nitrogens with zero attached hydrogens (tertiary/aromatic N) is 1. The summed E-state index contributed by atoms with van der Waals surface area (Å²) in [6, 6.07) is 0. The number of morpholine rings is 1. The van der Waals surface area contributed by atoms with Crippen LogP contribution in [0.2, 0.25) is 0 Å². The molecule has 0 bridgehead atoms. The van der Waals surface area contributed by atoms with Crippen molar-refractivity contribution in [3.05, 3.63) is 0 Å². The predicted molar refractivity (Wildman–Crippen MR) is 161 cm³/mol. The first-order chi connectivity index (χ1) is 20.6. The second-order valence-corrected chi connectivity index (χ2v) is 17.2. The SMILES string of the molecule is CC1(C)C2CCC3C4CC5OC(CC(=O)CO)CC[C@@H]5C4(C)CC[C@]34CC24CC[C@@H]1OC1CN(C(=O)CC2CC2)CCO1. The van der Waals surface area contributed by atoms with E-state index in [4.69, 9.17) is 14.2 Å². The van der Waals surface area contributed by atoms with E-state index < -0.39 is 0 Å². The van der Waals surface area contributed by atoms with E-state index in [0.29, 0.717) is 66.5 Å². The van der Waals surface area contributed by atoms with Crippen LogP contribution in [-0.4, -0.2) is 72.6 Å². The van der Waals surface area contributed by atoms with Gasteiger partial charge in [0.05, 0.1) is 31.5 Å². The van der Waals surface area contributed by atoms with Crippen LogP contribution in [-0.2, 0) is 23.8 Å². The van der Waals surface area contributed by atoms with E-state index in [1.54, 1.807) is 0 Å². The van der Waals surface area contributed by atoms with Gasteiger partial charge in [-0.3, -0.25) is 9.59 Å². The van der Waals surface area contributed by atoms with Crippen molar-refractivity contribution in [3.63, 3.8) is 0 Å². The van der Waals surface area contributed by atoms with Crippen molar-refractivity contribution in [2.24, 2.45) is 51.2 Å². The third-order valence-corrected chi connectivity index (χ3v) is 15.1. The zero-order chi connectivity index (χ0) is 29.8. The van der Waals surface area contributed by atoms with Gasteiger partial charge in [0.25, 0.3) is 0 Å². The molecule has 6 aliphatic carbocycles. The lowest BCUT2D eigenvalue weighted by molar-refractivity contribution is -0.244. The third-order valence-electron chi connectivity index (χ3n) is 15.1. The molecular formula is C36H55NO6. The molecule has 2 saturated heterocycles. The molecule has 8 unspecified atom stereocenters. The molecule has 1 amide bonds. The van der Waals surface area contributed by atoms with Crippen LogP contribution in [0.15, 0.2) is 0 Å². The normalized spacial score (nSPS) is 49.6. The Morgan fingerprint density at radius 3 is 2.51 bits per heavy atom. The zero-order valence-electron chi connectivity index (χ0n) is 26.9. The fourth-order valence-electron chi connectivity index (χ4n) is 12.8. The summed E-state index contributed by atoms with van der Waals surface area (Å²) >= 11 is 0. The Kier molecular flexibility index (Phi) is 7.00. The van der Waals surface area contributed by atoms with Gasteiger partial charge in [-0.25, -0.2) is 0 Å². The van der Waals surface area contributed by atoms with Crippen LogP contribution >= 0.6 is 0 Å². The Bertz CT molecular complexity index is 1140. The van der Waals surface area contributed by atoms with Crippen molar-refractivity contribution in [2.75, 3.05) is 26.3 Å². The molecule has 240 valence electrons. The molecular weight excluding hydrogens is 542 g/mol. The summed E-state index contributed by atoms with van der Waals surface area (Å²) < 4.78 is 19.6. The smallest absolute Gasteiger partial charge is 0.223 e. The lowest BCUT2D eigenvalue weighted by Gasteiger charge is -2.60. The Balaban J connectivity index is 0.947. The van der Waals surface area contributed by atoms with Gasteiger partial charge in [-0.15, -0.1) is 0 Å². The third kappa shape index (κ3) is 4.47. The molecule has 2 spiro atoms. The molecule has 8 rings (SSSR count). The highest BCUT2D eigenvalue weighted by Crippen LogP contribution is 2.87. The maximum atomic E-state index is 12.8. The van der Waals surface area contributed by atoms with Crippen LogP contribution in [0.1, 0.15) is 111 Å². The predicted octanol–water partition coefficient (Wildman–Crippen LogP) is 5.51. The average molecular weight is 598 g/mol. The first kappa shape index (κ1) is 29.4. The molecule has 2 heterocycles. The summed E-state index contributed by atoms with van der Waals surface area (Å²) in [5, 5.41) is 9.28. The quantitative estimate of drug-likeness (QED) is 0.416. The van der Waals surface area contributed by atoms with Crippen LogP contribution in [0, 0.1) is 51.2 Å². The van der Waals surface area contributed by atoms with E-state index in [0.717, 1.165) is 24.7 Å². The number of Topliss-reactive ketones (excluding diaryl/α,β-unsaturated/α-hetero) is 1. The second-order valence-electron chi connectivity index (χ2n) is 17.2. The fourth-order valence-corrected chi connectivity index (χ4v) is 12.8. The largest absolute Gasteiger partial charge is 0.389 e. The van der Waals surface area contributed by atoms with Gasteiger partial charge in [0.2, 0.25) is 5.91 Å². The number of aliphatic hydroxyl groups is 1. The molecule has 6 saturated carbocycles. The molecule has 0 radical (unpaired) electrons. The van der Waals surface area contributed by atoms with Gasteiger partial charge in [-0.2, -0.15) is 0 Å². The Morgan fingerprint density at radius 1 is 0.907 bits per heavy atom. The van der Waals surface area contributed by atoms with Crippen molar-refractivity contribution in [1.29, 1.82) is 0 Å². The average Bonchev–Trinajstić information content (AvgIpc) is 3.90. The number of aliphatic hydroxyl groups excluding tert-OH is 1. The summed E-state index contributed by atoms with van der Waals surface area (Å²) in [4.78, 5) is 26.8. The molecule has 43 heavy (non-hydrogen) atoms. The van der Waals surface area contributed by atoms with Crippen molar-refractivity contribution in [1.82, 2.24) is 4.90 Å². The Morgan fingerprint density at radius 2 is 1.72 bits per heavy atom. The molecule has 0 aromatic rings. The summed E-state index contributed by atoms with van der Waals surface area (Å²) in [6.45, 7) is 9.05. The number of rotatable bonds is 7. The molecule has 7 heteroatoms. The minimum atomic E-state index is -0.365. The summed E-state index contributed by atoms with van der Waals surface area (Å²) in [7, 11) is 0. The number of hydrogen-bond donors (Lipinski definition) is 1. The summed E-state index contributed by atoms with van der Waals surface area (Å²) in [6.07, 6.45) is 16.1. The molecule has 0 aromatic carbocycles. The van der Waals surface area contributed by atoms with Crippen molar-refractivity contribution < 1.29 is 28.9 Å². The molecule has 11 atom stereocenters. The lowest BCUT2D eigenvalue weighted by Crippen LogP contribution is -2.56. The number of ether oxygens (including phenoxy) is 3. The van der Waals surface area contributed by atoms with Gasteiger partial charge in [-0.1, -0.05) is 20.8 Å². The number of ketones is 1. The zero-order valence-corrected chi connectivity index (χ0v) is 26.9. The van der Waals surface area contributed by atoms with E-state index in [1.165, 1.54) is 64.2 Å². The molecule has 8 aliphatic rings. The van der Waals surface area contributed by atoms with E-state index in [-0.39, 0.29) is 48.3 Å². The van der Waals surface area contributed by atoms with Gasteiger partial charge in [0, 0.05) is 19.4 Å². The number of fused-ring (bicyclic) bond motifs is 4. The standard InChI is InChI=1S/C36H55NO6/c1-33(2)29-9-8-25-27-18-28-26(7-6-24(42-28)17-23(39)20-38)34(27,3)12-13-35(25)21-36(29,35)11-10-30(33)43-32-19-37(14-15-41-32)31(40)16-22-4-5-22/h22,24-30,32,38H,4-21H2,1-3H3/t24?,25?,26-,27?,28?,29?,30-,32?,34?,35-,36?/m0/s1. The first-order valence-corrected chi connectivity index (χ1v) is 17.9. The highest BCUT2D eigenvalue weighted by Gasteiger charge is 2.80. The summed E-state index contributed by atoms with van der Waals surface area (Å²) in [5.41, 5.74) is 1.41. The van der Waals surface area contributed by atoms with Crippen LogP contribution in [0.25, 0.3) is 0 Å². The van der Waals surface area contributed by atoms with Gasteiger partial charge in [0.15, 0.2) is 12.1 Å². The molecule has 8 fully saturated rings. The topological polar surface area (TPSA) is 85.3 Å². The first-order valence-electron chi connectivity index (χ1n) is 17.9. The van der Waals surface area contributed by atoms with Crippen LogP contribution < -0.4 is 0 Å². The minimum absolute atomic E-state index is 0.00534. The number of amides is 1. The van der Waals surface area contributed by atoms with Gasteiger partial charge in [-0.05, 0) is 128 Å². The van der Waals surface area contributed by atoms with Crippen LogP contribution in [0.4, 0.5) is 0 Å². The number of carbonyl (C=O) groups is 2. The fraction of sp³-hybridized carbons (Fsp3) is 0.944. The van der Waals surface area contributed by atoms with E-state index in [2.05, 4.69) is 20.8 Å². The Hall–Kier alpha value is -1.02. The van der Waals surface area contributed by atoms with Gasteiger partial charge < -0.3 is 24.2 Å². The lowest BCUT2D eigenvalue weighted by atomic mass is 9.46. The highest BCUT2D eigenvalue weighted by atomic mass is 16.7. The molecule has 1 N–H and O–H groups in total. The number of hydrogen-bond acceptors (Lipinski definition) is 6. The maximum Gasteiger partial charge on any atom is 0.223 e. The van der Waals surface area contributed by atoms with E-state index in [9.17, 15) is 14.7 Å². The Labute approximate surface area is 258 Å². The highest BCUT2D eigenvalue weighted by molar-refractivity contribution is 5.79. The number of carbonyl (C=O) groups excluding carboxylic acids is 2. The second kappa shape index (κ2) is 10.2. The van der Waals surface area contributed by atoms with Gasteiger partial charge in [0.1, 0.15) is 6.61 Å². The maximum absolute atomic E-state index is 12.8. The molecule has 2 aliphatic heterocycles.